The summed E-state index contributed by atoms with van der Waals surface area (Å²) in [5.41, 5.74) is 3.18. The van der Waals surface area contributed by atoms with Crippen LogP contribution in [0.3, 0.4) is 0 Å². The Bertz CT molecular complexity index is 933. The minimum atomic E-state index is -0.0896. The van der Waals surface area contributed by atoms with E-state index in [2.05, 4.69) is 12.1 Å². The molecule has 1 N–H and O–H groups in total. The van der Waals surface area contributed by atoms with Crippen molar-refractivity contribution in [3.05, 3.63) is 47.0 Å². The summed E-state index contributed by atoms with van der Waals surface area (Å²) in [6.07, 6.45) is 5.69. The molecule has 0 unspecified atom stereocenters. The third-order valence-corrected chi connectivity index (χ3v) is 5.94. The fourth-order valence-corrected chi connectivity index (χ4v) is 4.34. The van der Waals surface area contributed by atoms with Crippen LogP contribution in [-0.2, 0) is 4.74 Å². The van der Waals surface area contributed by atoms with Gasteiger partial charge in [0.2, 0.25) is 0 Å². The first-order valence-corrected chi connectivity index (χ1v) is 10.4. The van der Waals surface area contributed by atoms with Gasteiger partial charge in [-0.2, -0.15) is 0 Å². The Kier molecular flexibility index (Phi) is 6.04. The van der Waals surface area contributed by atoms with Crippen molar-refractivity contribution in [2.45, 2.75) is 25.5 Å². The average Bonchev–Trinajstić information content (AvgIpc) is 2.82. The lowest BCUT2D eigenvalue weighted by Gasteiger charge is -2.35. The number of ether oxygens (including phenoxy) is 5. The van der Waals surface area contributed by atoms with E-state index in [-0.39, 0.29) is 6.23 Å². The molecule has 0 bridgehead atoms. The lowest BCUT2D eigenvalue weighted by Crippen LogP contribution is -3.13. The highest BCUT2D eigenvalue weighted by Gasteiger charge is 2.34. The summed E-state index contributed by atoms with van der Waals surface area (Å²) in [6, 6.07) is 9.96. The van der Waals surface area contributed by atoms with Gasteiger partial charge in [0.05, 0.1) is 47.1 Å². The summed E-state index contributed by atoms with van der Waals surface area (Å²) in [5, 5.41) is 0. The highest BCUT2D eigenvalue weighted by molar-refractivity contribution is 5.82. The Labute approximate surface area is 177 Å². The molecule has 2 aromatic carbocycles. The van der Waals surface area contributed by atoms with E-state index in [9.17, 15) is 0 Å². The summed E-state index contributed by atoms with van der Waals surface area (Å²) in [5.74, 6) is 3.64. The van der Waals surface area contributed by atoms with Gasteiger partial charge in [-0.15, -0.1) is 0 Å². The van der Waals surface area contributed by atoms with Crippen LogP contribution in [-0.4, -0.2) is 41.5 Å². The lowest BCUT2D eigenvalue weighted by atomic mass is 9.97. The Balaban J connectivity index is 1.80. The topological polar surface area (TPSA) is 50.6 Å². The molecule has 0 spiro atoms. The van der Waals surface area contributed by atoms with Gasteiger partial charge in [-0.3, -0.25) is 4.90 Å². The van der Waals surface area contributed by atoms with E-state index in [0.717, 1.165) is 41.3 Å². The quantitative estimate of drug-likeness (QED) is 0.789. The fraction of sp³-hybridized carbons (Fsp3) is 0.417. The summed E-state index contributed by atoms with van der Waals surface area (Å²) in [7, 11) is 6.61. The van der Waals surface area contributed by atoms with E-state index in [4.69, 9.17) is 23.7 Å². The predicted octanol–water partition coefficient (Wildman–Crippen LogP) is 3.32. The molecular weight excluding hydrogens is 382 g/mol. The summed E-state index contributed by atoms with van der Waals surface area (Å²) in [4.78, 5) is 1.45. The molecule has 160 valence electrons. The molecule has 0 aromatic heterocycles. The Hall–Kier alpha value is -2.86. The number of methoxy groups -OCH3 is 4. The van der Waals surface area contributed by atoms with Crippen molar-refractivity contribution in [1.82, 2.24) is 0 Å². The van der Waals surface area contributed by atoms with Crippen molar-refractivity contribution >= 4 is 11.8 Å². The zero-order valence-electron chi connectivity index (χ0n) is 18.1. The number of hydrogen-bond donors (Lipinski definition) is 1. The Morgan fingerprint density at radius 1 is 0.767 bits per heavy atom. The number of quaternary nitrogens is 1. The first-order chi connectivity index (χ1) is 14.7. The van der Waals surface area contributed by atoms with Crippen LogP contribution >= 0.6 is 0 Å². The number of hydrogen-bond acceptors (Lipinski definition) is 5. The SMILES string of the molecule is COc1ccc(C2=Cc3cc(OC)c(OC)cc3[C@H]([NH+]3CCCCC3)O2)cc1OC. The summed E-state index contributed by atoms with van der Waals surface area (Å²) in [6.45, 7) is 2.19. The second kappa shape index (κ2) is 8.88. The lowest BCUT2D eigenvalue weighted by molar-refractivity contribution is -0.957. The normalized spacial score (nSPS) is 18.7. The number of fused-ring (bicyclic) bond motifs is 1. The van der Waals surface area contributed by atoms with E-state index in [1.54, 1.807) is 28.4 Å². The summed E-state index contributed by atoms with van der Waals surface area (Å²) >= 11 is 0. The Morgan fingerprint density at radius 3 is 2.07 bits per heavy atom. The molecule has 0 radical (unpaired) electrons. The second-order valence-corrected chi connectivity index (χ2v) is 7.63. The largest absolute Gasteiger partial charge is 0.493 e. The van der Waals surface area contributed by atoms with Crippen molar-refractivity contribution in [2.24, 2.45) is 0 Å². The van der Waals surface area contributed by atoms with Gasteiger partial charge >= 0.3 is 0 Å². The minimum Gasteiger partial charge on any atom is -0.493 e. The van der Waals surface area contributed by atoms with Gasteiger partial charge in [-0.05, 0) is 61.2 Å². The molecule has 30 heavy (non-hydrogen) atoms. The highest BCUT2D eigenvalue weighted by atomic mass is 16.5. The maximum Gasteiger partial charge on any atom is 0.259 e. The van der Waals surface area contributed by atoms with Crippen LogP contribution in [0.4, 0.5) is 0 Å². The van der Waals surface area contributed by atoms with Crippen LogP contribution in [0, 0.1) is 0 Å². The van der Waals surface area contributed by atoms with Gasteiger partial charge in [0, 0.05) is 5.56 Å². The van der Waals surface area contributed by atoms with Crippen LogP contribution in [0.5, 0.6) is 23.0 Å². The molecule has 2 aliphatic rings. The van der Waals surface area contributed by atoms with E-state index in [1.165, 1.54) is 24.2 Å². The number of nitrogens with one attached hydrogen (secondary N) is 1. The molecule has 1 fully saturated rings. The van der Waals surface area contributed by atoms with Crippen molar-refractivity contribution in [3.63, 3.8) is 0 Å². The third kappa shape index (κ3) is 3.79. The monoisotopic (exact) mass is 412 g/mol. The molecular formula is C24H30NO5+. The number of piperidine rings is 1. The van der Waals surface area contributed by atoms with Crippen molar-refractivity contribution in [2.75, 3.05) is 41.5 Å². The number of rotatable bonds is 6. The number of benzene rings is 2. The fourth-order valence-electron chi connectivity index (χ4n) is 4.34. The third-order valence-electron chi connectivity index (χ3n) is 5.94. The maximum atomic E-state index is 6.62. The van der Waals surface area contributed by atoms with Crippen molar-refractivity contribution in [1.29, 1.82) is 0 Å². The molecule has 6 nitrogen and oxygen atoms in total. The molecule has 1 atom stereocenters. The van der Waals surface area contributed by atoms with Gasteiger partial charge in [0.25, 0.3) is 6.23 Å². The highest BCUT2D eigenvalue weighted by Crippen LogP contribution is 2.41. The molecule has 0 saturated carbocycles. The zero-order chi connectivity index (χ0) is 21.1. The van der Waals surface area contributed by atoms with E-state index in [1.807, 2.05) is 24.3 Å². The van der Waals surface area contributed by atoms with E-state index in [0.29, 0.717) is 17.2 Å². The standard InChI is InChI=1S/C24H29NO5/c1-26-19-9-8-16(12-21(19)27-2)20-13-17-14-22(28-3)23(29-4)15-18(17)24(30-20)25-10-6-5-7-11-25/h8-9,12-15,24H,5-7,10-11H2,1-4H3/p+1/t24-/m1/s1. The van der Waals surface area contributed by atoms with E-state index < -0.39 is 0 Å². The molecule has 6 heteroatoms. The van der Waals surface area contributed by atoms with Gasteiger partial charge in [-0.1, -0.05) is 0 Å². The minimum absolute atomic E-state index is 0.0896. The molecule has 4 rings (SSSR count). The second-order valence-electron chi connectivity index (χ2n) is 7.63. The van der Waals surface area contributed by atoms with Crippen LogP contribution in [0.15, 0.2) is 30.3 Å². The van der Waals surface area contributed by atoms with Gasteiger partial charge in [0.1, 0.15) is 5.76 Å². The maximum absolute atomic E-state index is 6.62. The molecule has 0 aliphatic carbocycles. The summed E-state index contributed by atoms with van der Waals surface area (Å²) < 4.78 is 28.6. The van der Waals surface area contributed by atoms with Crippen LogP contribution < -0.4 is 23.8 Å². The smallest absolute Gasteiger partial charge is 0.259 e. The van der Waals surface area contributed by atoms with E-state index >= 15 is 0 Å². The molecule has 2 aromatic rings. The molecule has 1 saturated heterocycles. The predicted molar refractivity (Wildman–Crippen MR) is 115 cm³/mol. The molecule has 0 amide bonds. The van der Waals surface area contributed by atoms with Gasteiger partial charge in [0.15, 0.2) is 23.0 Å². The van der Waals surface area contributed by atoms with Crippen molar-refractivity contribution in [3.8, 4) is 23.0 Å². The number of likely N-dealkylation sites (tertiary alicyclic amines) is 1. The molecule has 2 heterocycles. The van der Waals surface area contributed by atoms with Crippen LogP contribution in [0.1, 0.15) is 42.2 Å². The van der Waals surface area contributed by atoms with Crippen molar-refractivity contribution < 1.29 is 28.6 Å². The zero-order valence-corrected chi connectivity index (χ0v) is 18.1. The first kappa shape index (κ1) is 20.4. The molecule has 2 aliphatic heterocycles. The first-order valence-electron chi connectivity index (χ1n) is 10.4. The van der Waals surface area contributed by atoms with Gasteiger partial charge in [-0.25, -0.2) is 0 Å². The van der Waals surface area contributed by atoms with Gasteiger partial charge < -0.3 is 23.7 Å². The Morgan fingerprint density at radius 2 is 1.40 bits per heavy atom. The van der Waals surface area contributed by atoms with Crippen LogP contribution in [0.25, 0.3) is 11.8 Å². The van der Waals surface area contributed by atoms with Crippen LogP contribution in [0.2, 0.25) is 0 Å². The average molecular weight is 413 g/mol.